The first-order valence-corrected chi connectivity index (χ1v) is 17.4. The molecule has 53 heavy (non-hydrogen) atoms. The van der Waals surface area contributed by atoms with Crippen LogP contribution in [0.2, 0.25) is 0 Å². The molecule has 0 aliphatic rings. The van der Waals surface area contributed by atoms with Gasteiger partial charge in [-0.15, -0.1) is 0 Å². The minimum Gasteiger partial charge on any atom is -0.456 e. The van der Waals surface area contributed by atoms with E-state index in [9.17, 15) is 4.79 Å². The molecule has 0 bridgehead atoms. The Hall–Kier alpha value is -7.12. The van der Waals surface area contributed by atoms with Gasteiger partial charge in [-0.2, -0.15) is 0 Å². The standard InChI is InChI=1S/C46H33N5O2/c1-47-38-27-34(22-24-39(38)51(2)28-52)33-13-8-14-35(26-33)46-49-44(31-11-4-3-5-12-31)48-45(50-46)32-20-18-30(19-21-32)37-16-9-17-40-42(37)43-36-15-7-6-10-29(36)23-25-41(43)53-40/h3-28,47H,1-2H3. The second-order valence-corrected chi connectivity index (χ2v) is 13.0. The largest absolute Gasteiger partial charge is 0.456 e. The minimum absolute atomic E-state index is 0.576. The Morgan fingerprint density at radius 3 is 1.92 bits per heavy atom. The number of hydrogen-bond donors (Lipinski definition) is 1. The van der Waals surface area contributed by atoms with Crippen LogP contribution in [-0.2, 0) is 4.79 Å². The molecule has 0 fully saturated rings. The molecular formula is C46H33N5O2. The Bertz CT molecular complexity index is 2810. The average molecular weight is 688 g/mol. The van der Waals surface area contributed by atoms with E-state index in [-0.39, 0.29) is 0 Å². The van der Waals surface area contributed by atoms with Gasteiger partial charge in [0.15, 0.2) is 17.5 Å². The predicted molar refractivity (Wildman–Crippen MR) is 216 cm³/mol. The SMILES string of the molecule is CNc1cc(-c2cccc(-c3nc(-c4ccccc4)nc(-c4ccc(-c5cccc6oc7ccc8ccccc8c7c56)cc4)n3)c2)ccc1N(C)C=O. The van der Waals surface area contributed by atoms with E-state index >= 15 is 0 Å². The molecule has 1 amide bonds. The van der Waals surface area contributed by atoms with E-state index in [4.69, 9.17) is 19.4 Å². The van der Waals surface area contributed by atoms with E-state index in [1.165, 1.54) is 10.8 Å². The molecule has 7 nitrogen and oxygen atoms in total. The summed E-state index contributed by atoms with van der Waals surface area (Å²) in [5.41, 5.74) is 10.2. The third-order valence-electron chi connectivity index (χ3n) is 9.77. The van der Waals surface area contributed by atoms with Crippen molar-refractivity contribution in [1.29, 1.82) is 0 Å². The maximum absolute atomic E-state index is 11.5. The Balaban J connectivity index is 1.13. The van der Waals surface area contributed by atoms with E-state index in [1.807, 2.05) is 79.8 Å². The molecule has 0 saturated heterocycles. The first kappa shape index (κ1) is 31.8. The zero-order valence-electron chi connectivity index (χ0n) is 29.1. The van der Waals surface area contributed by atoms with Crippen LogP contribution in [-0.4, -0.2) is 35.5 Å². The Morgan fingerprint density at radius 1 is 0.547 bits per heavy atom. The van der Waals surface area contributed by atoms with Crippen LogP contribution >= 0.6 is 0 Å². The Morgan fingerprint density at radius 2 is 1.15 bits per heavy atom. The smallest absolute Gasteiger partial charge is 0.213 e. The summed E-state index contributed by atoms with van der Waals surface area (Å²) in [4.78, 5) is 28.0. The molecule has 254 valence electrons. The van der Waals surface area contributed by atoms with Crippen LogP contribution in [0.3, 0.4) is 0 Å². The van der Waals surface area contributed by atoms with Crippen molar-refractivity contribution in [2.24, 2.45) is 0 Å². The fourth-order valence-electron chi connectivity index (χ4n) is 7.09. The maximum Gasteiger partial charge on any atom is 0.213 e. The molecule has 0 aliphatic carbocycles. The Labute approximate surface area is 306 Å². The summed E-state index contributed by atoms with van der Waals surface area (Å²) < 4.78 is 6.35. The topological polar surface area (TPSA) is 84.2 Å². The van der Waals surface area contributed by atoms with E-state index in [2.05, 4.69) is 84.2 Å². The van der Waals surface area contributed by atoms with Crippen LogP contribution < -0.4 is 10.2 Å². The third-order valence-corrected chi connectivity index (χ3v) is 9.77. The second kappa shape index (κ2) is 13.2. The molecule has 0 aliphatic heterocycles. The molecular weight excluding hydrogens is 655 g/mol. The lowest BCUT2D eigenvalue weighted by molar-refractivity contribution is -0.107. The van der Waals surface area contributed by atoms with Gasteiger partial charge >= 0.3 is 0 Å². The Kier molecular flexibility index (Phi) is 7.93. The normalized spacial score (nSPS) is 11.3. The van der Waals surface area contributed by atoms with Crippen LogP contribution in [0.4, 0.5) is 11.4 Å². The van der Waals surface area contributed by atoms with Gasteiger partial charge in [-0.3, -0.25) is 4.79 Å². The van der Waals surface area contributed by atoms with Crippen LogP contribution in [0.5, 0.6) is 0 Å². The van der Waals surface area contributed by atoms with Gasteiger partial charge in [0.25, 0.3) is 0 Å². The molecule has 2 heterocycles. The van der Waals surface area contributed by atoms with Crippen LogP contribution in [0, 0.1) is 0 Å². The zero-order chi connectivity index (χ0) is 35.9. The van der Waals surface area contributed by atoms with Crippen LogP contribution in [0.25, 0.3) is 89.1 Å². The van der Waals surface area contributed by atoms with Crippen molar-refractivity contribution < 1.29 is 9.21 Å². The first-order chi connectivity index (χ1) is 26.1. The molecule has 9 rings (SSSR count). The molecule has 0 atom stereocenters. The van der Waals surface area contributed by atoms with Crippen LogP contribution in [0.15, 0.2) is 156 Å². The summed E-state index contributed by atoms with van der Waals surface area (Å²) in [5.74, 6) is 1.76. The quantitative estimate of drug-likeness (QED) is 0.160. The highest BCUT2D eigenvalue weighted by atomic mass is 16.3. The van der Waals surface area contributed by atoms with Crippen molar-refractivity contribution in [3.63, 3.8) is 0 Å². The molecule has 7 heteroatoms. The highest BCUT2D eigenvalue weighted by molar-refractivity contribution is 6.22. The summed E-state index contributed by atoms with van der Waals surface area (Å²) in [6.07, 6.45) is 0.802. The summed E-state index contributed by atoms with van der Waals surface area (Å²) in [6.45, 7) is 0. The molecule has 0 saturated carbocycles. The van der Waals surface area contributed by atoms with E-state index in [0.29, 0.717) is 17.5 Å². The van der Waals surface area contributed by atoms with E-state index < -0.39 is 0 Å². The second-order valence-electron chi connectivity index (χ2n) is 13.0. The van der Waals surface area contributed by atoms with Gasteiger partial charge in [0.2, 0.25) is 6.41 Å². The number of carbonyl (C=O) groups is 1. The number of benzene rings is 7. The highest BCUT2D eigenvalue weighted by Crippen LogP contribution is 2.40. The zero-order valence-corrected chi connectivity index (χ0v) is 29.1. The molecule has 0 spiro atoms. The van der Waals surface area contributed by atoms with Gasteiger partial charge in [-0.1, -0.05) is 121 Å². The number of nitrogens with zero attached hydrogens (tertiary/aromatic N) is 4. The monoisotopic (exact) mass is 687 g/mol. The van der Waals surface area contributed by atoms with Crippen molar-refractivity contribution in [3.8, 4) is 56.4 Å². The first-order valence-electron chi connectivity index (χ1n) is 17.4. The molecule has 7 aromatic carbocycles. The van der Waals surface area contributed by atoms with E-state index in [0.717, 1.165) is 78.7 Å². The number of fused-ring (bicyclic) bond motifs is 5. The lowest BCUT2D eigenvalue weighted by Gasteiger charge is -2.17. The number of hydrogen-bond acceptors (Lipinski definition) is 6. The van der Waals surface area contributed by atoms with Gasteiger partial charge in [-0.25, -0.2) is 15.0 Å². The van der Waals surface area contributed by atoms with Gasteiger partial charge in [0.1, 0.15) is 11.2 Å². The van der Waals surface area contributed by atoms with Crippen LogP contribution in [0.1, 0.15) is 0 Å². The highest BCUT2D eigenvalue weighted by Gasteiger charge is 2.17. The number of furan rings is 1. The van der Waals surface area contributed by atoms with Crippen molar-refractivity contribution in [2.45, 2.75) is 0 Å². The van der Waals surface area contributed by atoms with Gasteiger partial charge in [0, 0.05) is 41.6 Å². The molecule has 2 aromatic heterocycles. The van der Waals surface area contributed by atoms with Crippen molar-refractivity contribution in [3.05, 3.63) is 152 Å². The summed E-state index contributed by atoms with van der Waals surface area (Å²) >= 11 is 0. The van der Waals surface area contributed by atoms with E-state index in [1.54, 1.807) is 11.9 Å². The molecule has 0 radical (unpaired) electrons. The number of aromatic nitrogens is 3. The lowest BCUT2D eigenvalue weighted by Crippen LogP contribution is -2.15. The minimum atomic E-state index is 0.576. The van der Waals surface area contributed by atoms with Crippen molar-refractivity contribution >= 4 is 50.5 Å². The number of anilines is 2. The van der Waals surface area contributed by atoms with Gasteiger partial charge < -0.3 is 14.6 Å². The molecule has 9 aromatic rings. The average Bonchev–Trinajstić information content (AvgIpc) is 3.63. The maximum atomic E-state index is 11.5. The number of carbonyl (C=O) groups excluding carboxylic acids is 1. The fraction of sp³-hybridized carbons (Fsp3) is 0.0435. The molecule has 0 unspecified atom stereocenters. The fourth-order valence-corrected chi connectivity index (χ4v) is 7.09. The lowest BCUT2D eigenvalue weighted by atomic mass is 9.96. The number of nitrogens with one attached hydrogen (secondary N) is 1. The number of rotatable bonds is 8. The van der Waals surface area contributed by atoms with Crippen molar-refractivity contribution in [1.82, 2.24) is 15.0 Å². The van der Waals surface area contributed by atoms with Crippen molar-refractivity contribution in [2.75, 3.05) is 24.3 Å². The number of amides is 1. The summed E-state index contributed by atoms with van der Waals surface area (Å²) in [7, 11) is 3.59. The predicted octanol–water partition coefficient (Wildman–Crippen LogP) is 10.9. The van der Waals surface area contributed by atoms with Gasteiger partial charge in [0.05, 0.1) is 11.4 Å². The summed E-state index contributed by atoms with van der Waals surface area (Å²) in [5, 5.41) is 7.80. The summed E-state index contributed by atoms with van der Waals surface area (Å²) in [6, 6.07) is 51.5. The van der Waals surface area contributed by atoms with Gasteiger partial charge in [-0.05, 0) is 63.4 Å². The third kappa shape index (κ3) is 5.74. The molecule has 1 N–H and O–H groups in total.